The zero-order chi connectivity index (χ0) is 20.3. The van der Waals surface area contributed by atoms with E-state index in [-0.39, 0.29) is 22.8 Å². The van der Waals surface area contributed by atoms with Gasteiger partial charge in [-0.25, -0.2) is 9.59 Å². The van der Waals surface area contributed by atoms with Crippen molar-refractivity contribution in [2.45, 2.75) is 23.9 Å². The maximum atomic E-state index is 12.3. The number of rotatable bonds is 7. The Morgan fingerprint density at radius 1 is 1.11 bits per heavy atom. The molecular formula is C18H20N4O5S. The van der Waals surface area contributed by atoms with Crippen LogP contribution in [0.1, 0.15) is 45.3 Å². The third-order valence-electron chi connectivity index (χ3n) is 4.20. The molecule has 0 saturated heterocycles. The summed E-state index contributed by atoms with van der Waals surface area (Å²) in [4.78, 5) is 36.0. The summed E-state index contributed by atoms with van der Waals surface area (Å²) in [5, 5.41) is 11.6. The van der Waals surface area contributed by atoms with Gasteiger partial charge in [0, 0.05) is 18.7 Å². The Kier molecular flexibility index (Phi) is 5.98. The molecule has 0 atom stereocenters. The number of aromatic nitrogens is 3. The fraction of sp³-hybridized carbons (Fsp3) is 0.389. The van der Waals surface area contributed by atoms with Crippen molar-refractivity contribution in [3.8, 4) is 0 Å². The predicted molar refractivity (Wildman–Crippen MR) is 101 cm³/mol. The predicted octanol–water partition coefficient (Wildman–Crippen LogP) is 2.00. The number of amides is 1. The standard InChI is InChI=1S/C18H20N4O5S/c1-22-15(10-4-5-10)20-21-18(22)28-9-14(23)19-13-7-11(16(24)26-2)6-12(8-13)17(25)27-3/h6-8,10H,4-5,9H2,1-3H3,(H,19,23). The normalized spacial score (nSPS) is 13.1. The molecule has 1 aromatic carbocycles. The van der Waals surface area contributed by atoms with E-state index in [1.807, 2.05) is 11.6 Å². The van der Waals surface area contributed by atoms with E-state index in [1.165, 1.54) is 44.2 Å². The molecule has 1 aromatic heterocycles. The summed E-state index contributed by atoms with van der Waals surface area (Å²) in [5.74, 6) is -0.0366. The van der Waals surface area contributed by atoms with E-state index in [0.717, 1.165) is 18.7 Å². The third-order valence-corrected chi connectivity index (χ3v) is 5.22. The lowest BCUT2D eigenvalue weighted by atomic mass is 10.1. The van der Waals surface area contributed by atoms with Crippen molar-refractivity contribution in [2.24, 2.45) is 7.05 Å². The van der Waals surface area contributed by atoms with Gasteiger partial charge in [-0.2, -0.15) is 0 Å². The van der Waals surface area contributed by atoms with Crippen LogP contribution in [0.4, 0.5) is 5.69 Å². The molecule has 10 heteroatoms. The van der Waals surface area contributed by atoms with Crippen LogP contribution in [-0.4, -0.2) is 52.6 Å². The van der Waals surface area contributed by atoms with Crippen molar-refractivity contribution in [3.63, 3.8) is 0 Å². The number of carbonyl (C=O) groups excluding carboxylic acids is 3. The second-order valence-electron chi connectivity index (χ2n) is 6.29. The van der Waals surface area contributed by atoms with Gasteiger partial charge in [0.15, 0.2) is 5.16 Å². The average molecular weight is 404 g/mol. The van der Waals surface area contributed by atoms with Crippen LogP contribution in [-0.2, 0) is 21.3 Å². The van der Waals surface area contributed by atoms with Crippen LogP contribution in [0.15, 0.2) is 23.4 Å². The van der Waals surface area contributed by atoms with E-state index in [9.17, 15) is 14.4 Å². The maximum absolute atomic E-state index is 12.3. The van der Waals surface area contributed by atoms with E-state index in [0.29, 0.717) is 16.8 Å². The van der Waals surface area contributed by atoms with Gasteiger partial charge >= 0.3 is 11.9 Å². The smallest absolute Gasteiger partial charge is 0.337 e. The van der Waals surface area contributed by atoms with Gasteiger partial charge in [-0.3, -0.25) is 4.79 Å². The highest BCUT2D eigenvalue weighted by Gasteiger charge is 2.29. The first kappa shape index (κ1) is 19.9. The van der Waals surface area contributed by atoms with Crippen LogP contribution < -0.4 is 5.32 Å². The van der Waals surface area contributed by atoms with Gasteiger partial charge in [0.05, 0.1) is 31.1 Å². The second-order valence-corrected chi connectivity index (χ2v) is 7.24. The molecule has 0 spiro atoms. The Labute approximate surface area is 165 Å². The maximum Gasteiger partial charge on any atom is 0.337 e. The number of carbonyl (C=O) groups is 3. The van der Waals surface area contributed by atoms with Crippen molar-refractivity contribution in [1.29, 1.82) is 0 Å². The molecule has 1 heterocycles. The van der Waals surface area contributed by atoms with Crippen LogP contribution in [0.2, 0.25) is 0 Å². The fourth-order valence-corrected chi connectivity index (χ4v) is 3.37. The lowest BCUT2D eigenvalue weighted by Gasteiger charge is -2.09. The Morgan fingerprint density at radius 2 is 1.71 bits per heavy atom. The largest absolute Gasteiger partial charge is 0.465 e. The first-order chi connectivity index (χ1) is 13.4. The van der Waals surface area contributed by atoms with Gasteiger partial charge < -0.3 is 19.4 Å². The average Bonchev–Trinajstić information content (AvgIpc) is 3.47. The minimum Gasteiger partial charge on any atom is -0.465 e. The molecule has 148 valence electrons. The van der Waals surface area contributed by atoms with Gasteiger partial charge in [0.2, 0.25) is 5.91 Å². The van der Waals surface area contributed by atoms with Gasteiger partial charge in [-0.1, -0.05) is 11.8 Å². The molecule has 2 aromatic rings. The fourth-order valence-electron chi connectivity index (χ4n) is 2.65. The van der Waals surface area contributed by atoms with E-state index < -0.39 is 11.9 Å². The van der Waals surface area contributed by atoms with Gasteiger partial charge in [0.25, 0.3) is 0 Å². The molecule has 1 saturated carbocycles. The summed E-state index contributed by atoms with van der Waals surface area (Å²) in [6.07, 6.45) is 2.24. The van der Waals surface area contributed by atoms with Crippen LogP contribution in [0.5, 0.6) is 0 Å². The van der Waals surface area contributed by atoms with Crippen molar-refractivity contribution < 1.29 is 23.9 Å². The van der Waals surface area contributed by atoms with Crippen LogP contribution in [0.3, 0.4) is 0 Å². The summed E-state index contributed by atoms with van der Waals surface area (Å²) in [6.45, 7) is 0. The number of benzene rings is 1. The summed E-state index contributed by atoms with van der Waals surface area (Å²) >= 11 is 1.26. The Hall–Kier alpha value is -2.88. The quantitative estimate of drug-likeness (QED) is 0.551. The molecule has 3 rings (SSSR count). The SMILES string of the molecule is COC(=O)c1cc(NC(=O)CSc2nnc(C3CC3)n2C)cc(C(=O)OC)c1. The molecule has 0 radical (unpaired) electrons. The van der Waals surface area contributed by atoms with E-state index in [4.69, 9.17) is 0 Å². The lowest BCUT2D eigenvalue weighted by Crippen LogP contribution is -2.16. The summed E-state index contributed by atoms with van der Waals surface area (Å²) in [6, 6.07) is 4.23. The zero-order valence-corrected chi connectivity index (χ0v) is 16.5. The minimum absolute atomic E-state index is 0.104. The number of esters is 2. The van der Waals surface area contributed by atoms with Crippen molar-refractivity contribution in [3.05, 3.63) is 35.2 Å². The molecule has 1 amide bonds. The molecule has 9 nitrogen and oxygen atoms in total. The number of ether oxygens (including phenoxy) is 2. The highest BCUT2D eigenvalue weighted by molar-refractivity contribution is 7.99. The van der Waals surface area contributed by atoms with E-state index >= 15 is 0 Å². The first-order valence-corrected chi connectivity index (χ1v) is 9.55. The number of hydrogen-bond donors (Lipinski definition) is 1. The second kappa shape index (κ2) is 8.42. The third kappa shape index (κ3) is 4.50. The number of anilines is 1. The van der Waals surface area contributed by atoms with Crippen molar-refractivity contribution >= 4 is 35.3 Å². The monoisotopic (exact) mass is 404 g/mol. The number of methoxy groups -OCH3 is 2. The Balaban J connectivity index is 1.68. The molecule has 1 fully saturated rings. The Morgan fingerprint density at radius 3 is 2.25 bits per heavy atom. The lowest BCUT2D eigenvalue weighted by molar-refractivity contribution is -0.113. The number of thioether (sulfide) groups is 1. The Bertz CT molecular complexity index is 888. The number of nitrogens with one attached hydrogen (secondary N) is 1. The van der Waals surface area contributed by atoms with Crippen LogP contribution in [0.25, 0.3) is 0 Å². The summed E-state index contributed by atoms with van der Waals surface area (Å²) < 4.78 is 11.3. The molecule has 1 N–H and O–H groups in total. The summed E-state index contributed by atoms with van der Waals surface area (Å²) in [5.41, 5.74) is 0.567. The van der Waals surface area contributed by atoms with Crippen molar-refractivity contribution in [1.82, 2.24) is 14.8 Å². The molecular weight excluding hydrogens is 384 g/mol. The van der Waals surface area contributed by atoms with Gasteiger partial charge in [-0.05, 0) is 31.0 Å². The van der Waals surface area contributed by atoms with E-state index in [1.54, 1.807) is 0 Å². The number of hydrogen-bond acceptors (Lipinski definition) is 8. The highest BCUT2D eigenvalue weighted by Crippen LogP contribution is 2.39. The zero-order valence-electron chi connectivity index (χ0n) is 15.7. The number of nitrogens with zero attached hydrogens (tertiary/aromatic N) is 3. The molecule has 1 aliphatic rings. The molecule has 0 bridgehead atoms. The van der Waals surface area contributed by atoms with Crippen molar-refractivity contribution in [2.75, 3.05) is 25.3 Å². The first-order valence-electron chi connectivity index (χ1n) is 8.56. The van der Waals surface area contributed by atoms with Crippen LogP contribution >= 0.6 is 11.8 Å². The topological polar surface area (TPSA) is 112 Å². The molecule has 1 aliphatic carbocycles. The molecule has 0 aliphatic heterocycles. The van der Waals surface area contributed by atoms with Gasteiger partial charge in [0.1, 0.15) is 5.82 Å². The van der Waals surface area contributed by atoms with Crippen LogP contribution in [0, 0.1) is 0 Å². The minimum atomic E-state index is -0.623. The van der Waals surface area contributed by atoms with E-state index in [2.05, 4.69) is 25.0 Å². The van der Waals surface area contributed by atoms with Gasteiger partial charge in [-0.15, -0.1) is 10.2 Å². The summed E-state index contributed by atoms with van der Waals surface area (Å²) in [7, 11) is 4.36. The molecule has 0 unspecified atom stereocenters. The molecule has 28 heavy (non-hydrogen) atoms. The highest BCUT2D eigenvalue weighted by atomic mass is 32.2.